The lowest BCUT2D eigenvalue weighted by molar-refractivity contribution is -0.277. The molecular formula is C24H25N3O7. The predicted octanol–water partition coefficient (Wildman–Crippen LogP) is 0.445. The highest BCUT2D eigenvalue weighted by molar-refractivity contribution is 5.97. The molecule has 0 bridgehead atoms. The van der Waals surface area contributed by atoms with E-state index in [2.05, 4.69) is 9.97 Å². The lowest BCUT2D eigenvalue weighted by Gasteiger charge is -2.39. The predicted molar refractivity (Wildman–Crippen MR) is 122 cm³/mol. The van der Waals surface area contributed by atoms with Crippen LogP contribution in [0.3, 0.4) is 0 Å². The highest BCUT2D eigenvalue weighted by Gasteiger charge is 2.45. The Labute approximate surface area is 193 Å². The molecule has 8 N–H and O–H groups in total. The van der Waals surface area contributed by atoms with Gasteiger partial charge in [-0.2, -0.15) is 0 Å². The topological polar surface area (TPSA) is 174 Å². The molecule has 178 valence electrons. The van der Waals surface area contributed by atoms with Crippen LogP contribution in [0.1, 0.15) is 17.2 Å². The summed E-state index contributed by atoms with van der Waals surface area (Å²) in [6.45, 7) is -0.592. The molecule has 6 atom stereocenters. The number of nitrogens with one attached hydrogen (secondary N) is 2. The fraction of sp³-hybridized carbons (Fsp3) is 0.292. The molecule has 1 aliphatic rings. The van der Waals surface area contributed by atoms with Crippen molar-refractivity contribution < 1.29 is 34.7 Å². The number of hydrogen-bond acceptors (Lipinski definition) is 7. The van der Waals surface area contributed by atoms with Gasteiger partial charge in [0.1, 0.15) is 30.3 Å². The molecule has 1 unspecified atom stereocenters. The Balaban J connectivity index is 1.63. The van der Waals surface area contributed by atoms with Gasteiger partial charge in [-0.05, 0) is 23.8 Å². The molecule has 1 aliphatic heterocycles. The van der Waals surface area contributed by atoms with E-state index in [1.807, 2.05) is 30.3 Å². The van der Waals surface area contributed by atoms with Crippen LogP contribution in [0, 0.1) is 0 Å². The molecule has 1 amide bonds. The third-order valence-corrected chi connectivity index (χ3v) is 6.27. The van der Waals surface area contributed by atoms with Crippen LogP contribution in [-0.4, -0.2) is 73.6 Å². The minimum Gasteiger partial charge on any atom is -0.459 e. The first-order valence-corrected chi connectivity index (χ1v) is 10.8. The van der Waals surface area contributed by atoms with Crippen molar-refractivity contribution in [1.82, 2.24) is 9.97 Å². The van der Waals surface area contributed by atoms with E-state index in [9.17, 15) is 25.2 Å². The number of nitrogens with two attached hydrogens (primary N) is 1. The van der Waals surface area contributed by atoms with E-state index in [4.69, 9.17) is 15.2 Å². The quantitative estimate of drug-likeness (QED) is 0.215. The van der Waals surface area contributed by atoms with Gasteiger partial charge in [0.2, 0.25) is 12.2 Å². The molecule has 10 heteroatoms. The second kappa shape index (κ2) is 8.75. The number of ether oxygens (including phenoxy) is 2. The molecule has 34 heavy (non-hydrogen) atoms. The maximum absolute atomic E-state index is 12.8. The number of H-pyrrole nitrogens is 2. The smallest absolute Gasteiger partial charge is 0.231 e. The summed E-state index contributed by atoms with van der Waals surface area (Å²) in [6.07, 6.45) is -5.59. The molecule has 2 aromatic heterocycles. The summed E-state index contributed by atoms with van der Waals surface area (Å²) >= 11 is 0. The van der Waals surface area contributed by atoms with E-state index in [1.165, 1.54) is 0 Å². The van der Waals surface area contributed by atoms with Crippen molar-refractivity contribution in [2.45, 2.75) is 36.6 Å². The van der Waals surface area contributed by atoms with Crippen molar-refractivity contribution in [2.24, 2.45) is 5.73 Å². The van der Waals surface area contributed by atoms with Crippen molar-refractivity contribution in [3.63, 3.8) is 0 Å². The fourth-order valence-corrected chi connectivity index (χ4v) is 4.53. The number of carbonyl (C=O) groups excluding carboxylic acids is 1. The van der Waals surface area contributed by atoms with Gasteiger partial charge in [-0.15, -0.1) is 0 Å². The number of amides is 1. The van der Waals surface area contributed by atoms with Crippen LogP contribution in [0.2, 0.25) is 0 Å². The summed E-state index contributed by atoms with van der Waals surface area (Å²) in [7, 11) is 0. The zero-order valence-electron chi connectivity index (χ0n) is 18.0. The van der Waals surface area contributed by atoms with Gasteiger partial charge in [0.25, 0.3) is 0 Å². The third kappa shape index (κ3) is 3.61. The van der Waals surface area contributed by atoms with E-state index >= 15 is 0 Å². The van der Waals surface area contributed by atoms with E-state index in [-0.39, 0.29) is 5.75 Å². The fourth-order valence-electron chi connectivity index (χ4n) is 4.53. The normalized spacial score (nSPS) is 26.1. The van der Waals surface area contributed by atoms with Gasteiger partial charge in [-0.1, -0.05) is 30.3 Å². The molecule has 5 rings (SSSR count). The Morgan fingerprint density at radius 1 is 1.00 bits per heavy atom. The monoisotopic (exact) mass is 467 g/mol. The van der Waals surface area contributed by atoms with Gasteiger partial charge in [0, 0.05) is 28.0 Å². The average molecular weight is 467 g/mol. The number of hydrogen-bond donors (Lipinski definition) is 7. The van der Waals surface area contributed by atoms with Gasteiger partial charge >= 0.3 is 0 Å². The molecule has 1 fully saturated rings. The van der Waals surface area contributed by atoms with Gasteiger partial charge in [-0.25, -0.2) is 0 Å². The van der Waals surface area contributed by atoms with Crippen molar-refractivity contribution in [3.8, 4) is 5.75 Å². The Morgan fingerprint density at radius 2 is 1.68 bits per heavy atom. The number of carbonyl (C=O) groups is 1. The van der Waals surface area contributed by atoms with E-state index in [1.54, 1.807) is 24.4 Å². The van der Waals surface area contributed by atoms with Crippen LogP contribution in [0.5, 0.6) is 5.75 Å². The van der Waals surface area contributed by atoms with Crippen LogP contribution in [0.25, 0.3) is 21.8 Å². The van der Waals surface area contributed by atoms with Gasteiger partial charge in [0.15, 0.2) is 5.75 Å². The maximum Gasteiger partial charge on any atom is 0.231 e. The van der Waals surface area contributed by atoms with E-state index < -0.39 is 49.1 Å². The minimum atomic E-state index is -1.61. The number of aromatic nitrogens is 2. The Morgan fingerprint density at radius 3 is 2.38 bits per heavy atom. The molecule has 0 radical (unpaired) electrons. The number of para-hydroxylation sites is 2. The Hall–Kier alpha value is -3.41. The molecule has 0 aliphatic carbocycles. The number of benzene rings is 2. The van der Waals surface area contributed by atoms with Gasteiger partial charge in [0.05, 0.1) is 12.3 Å². The summed E-state index contributed by atoms with van der Waals surface area (Å²) in [6, 6.07) is 14.6. The van der Waals surface area contributed by atoms with Crippen LogP contribution in [-0.2, 0) is 9.53 Å². The number of primary amides is 1. The average Bonchev–Trinajstić information content (AvgIpc) is 3.41. The molecule has 1 saturated heterocycles. The van der Waals surface area contributed by atoms with Crippen molar-refractivity contribution >= 4 is 27.7 Å². The Kier molecular flexibility index (Phi) is 5.76. The van der Waals surface area contributed by atoms with Crippen LogP contribution in [0.4, 0.5) is 0 Å². The molecular weight excluding hydrogens is 442 g/mol. The summed E-state index contributed by atoms with van der Waals surface area (Å²) in [4.78, 5) is 19.1. The lowest BCUT2D eigenvalue weighted by atomic mass is 9.93. The second-order valence-corrected chi connectivity index (χ2v) is 8.35. The number of aliphatic hydroxyl groups is 4. The van der Waals surface area contributed by atoms with Crippen LogP contribution < -0.4 is 10.5 Å². The first kappa shape index (κ1) is 22.4. The van der Waals surface area contributed by atoms with Crippen molar-refractivity contribution in [2.75, 3.05) is 6.61 Å². The van der Waals surface area contributed by atoms with Gasteiger partial charge < -0.3 is 45.6 Å². The standard InChI is InChI=1S/C24H25N3O7/c25-23(32)17(13-9-26-14-7-3-1-5-11(13)14)18-22(12-6-2-4-8-15(12)27-18)34-24-21(31)20(30)19(29)16(10-28)33-24/h1-9,16-17,19-21,24,26-31H,10H2,(H2,25,32)/t16-,17?,19-,20+,21-,24+/m1/s1. The minimum absolute atomic E-state index is 0.203. The van der Waals surface area contributed by atoms with Crippen molar-refractivity contribution in [3.05, 3.63) is 66.0 Å². The van der Waals surface area contributed by atoms with E-state index in [0.717, 1.165) is 10.9 Å². The number of rotatable bonds is 6. The summed E-state index contributed by atoms with van der Waals surface area (Å²) in [5.74, 6) is -1.37. The van der Waals surface area contributed by atoms with E-state index in [0.29, 0.717) is 22.2 Å². The summed E-state index contributed by atoms with van der Waals surface area (Å²) < 4.78 is 11.6. The van der Waals surface area contributed by atoms with Gasteiger partial charge in [-0.3, -0.25) is 4.79 Å². The van der Waals surface area contributed by atoms with Crippen molar-refractivity contribution in [1.29, 1.82) is 0 Å². The lowest BCUT2D eigenvalue weighted by Crippen LogP contribution is -2.60. The molecule has 2 aromatic carbocycles. The first-order valence-electron chi connectivity index (χ1n) is 10.8. The SMILES string of the molecule is NC(=O)C(c1[nH]c2ccccc2c1O[C@@H]1O[C@H](CO)[C@@H](O)[C@H](O)[C@H]1O)c1c[nH]c2ccccc12. The molecule has 10 nitrogen and oxygen atoms in total. The maximum atomic E-state index is 12.8. The first-order chi connectivity index (χ1) is 16.4. The number of fused-ring (bicyclic) bond motifs is 2. The largest absolute Gasteiger partial charge is 0.459 e. The zero-order chi connectivity index (χ0) is 24.0. The molecule has 3 heterocycles. The zero-order valence-corrected chi connectivity index (χ0v) is 18.0. The van der Waals surface area contributed by atoms with Crippen LogP contribution >= 0.6 is 0 Å². The van der Waals surface area contributed by atoms with Crippen LogP contribution in [0.15, 0.2) is 54.7 Å². The highest BCUT2D eigenvalue weighted by Crippen LogP contribution is 2.41. The third-order valence-electron chi connectivity index (χ3n) is 6.27. The number of aliphatic hydroxyl groups excluding tert-OH is 4. The Bertz CT molecular complexity index is 1330. The molecule has 0 saturated carbocycles. The molecule has 0 spiro atoms. The highest BCUT2D eigenvalue weighted by atomic mass is 16.7. The molecule has 4 aromatic rings. The summed E-state index contributed by atoms with van der Waals surface area (Å²) in [5.41, 5.74) is 8.33. The second-order valence-electron chi connectivity index (χ2n) is 8.35. The summed E-state index contributed by atoms with van der Waals surface area (Å²) in [5, 5.41) is 41.7. The number of aromatic amines is 2.